The van der Waals surface area contributed by atoms with Gasteiger partial charge in [-0.25, -0.2) is 15.0 Å². The second kappa shape index (κ2) is 11.2. The molecule has 1 N–H and O–H groups in total. The Balaban J connectivity index is 1.36. The van der Waals surface area contributed by atoms with Crippen molar-refractivity contribution in [2.75, 3.05) is 36.5 Å². The molecule has 1 saturated heterocycles. The zero-order valence-electron chi connectivity index (χ0n) is 21.8. The van der Waals surface area contributed by atoms with Gasteiger partial charge in [0.15, 0.2) is 0 Å². The Morgan fingerprint density at radius 3 is 2.42 bits per heavy atom. The van der Waals surface area contributed by atoms with Gasteiger partial charge in [-0.1, -0.05) is 17.9 Å². The quantitative estimate of drug-likeness (QED) is 0.371. The molecule has 4 aromatic rings. The fraction of sp³-hybridized carbons (Fsp3) is 0.241. The number of amides is 1. The topological polar surface area (TPSA) is 85.2 Å². The standard InChI is InChI=1S/C29H25F3N6O2/c1-19-3-5-23(11-22(19)6-4-21-15-33-28(34-16-21)37-7-9-40-10-8-37)27(39)36-25-12-24(29(30,31)32)13-26(14-25)38-17-20(2)35-18-38/h3,5,11-18H,7-10H2,1-2H3,(H,36,39). The van der Waals surface area contributed by atoms with Crippen molar-refractivity contribution in [2.24, 2.45) is 0 Å². The van der Waals surface area contributed by atoms with Crippen LogP contribution in [-0.4, -0.2) is 51.7 Å². The van der Waals surface area contributed by atoms with Gasteiger partial charge in [0.25, 0.3) is 5.91 Å². The first-order valence-corrected chi connectivity index (χ1v) is 12.5. The molecule has 11 heteroatoms. The fourth-order valence-corrected chi connectivity index (χ4v) is 4.11. The number of aryl methyl sites for hydroxylation is 2. The second-order valence-electron chi connectivity index (χ2n) is 9.29. The maximum Gasteiger partial charge on any atom is 0.416 e. The molecule has 3 heterocycles. The van der Waals surface area contributed by atoms with Crippen molar-refractivity contribution in [1.82, 2.24) is 19.5 Å². The van der Waals surface area contributed by atoms with E-state index in [1.54, 1.807) is 43.7 Å². The molecule has 1 aliphatic rings. The SMILES string of the molecule is Cc1cn(-c2cc(NC(=O)c3ccc(C)c(C#Cc4cnc(N5CCOCC5)nc4)c3)cc(C(F)(F)F)c2)cn1. The molecule has 0 spiro atoms. The van der Waals surface area contributed by atoms with Crippen LogP contribution in [0.3, 0.4) is 0 Å². The first-order valence-electron chi connectivity index (χ1n) is 12.5. The third kappa shape index (κ3) is 6.30. The van der Waals surface area contributed by atoms with Gasteiger partial charge < -0.3 is 19.5 Å². The van der Waals surface area contributed by atoms with E-state index >= 15 is 0 Å². The van der Waals surface area contributed by atoms with Crippen molar-refractivity contribution < 1.29 is 22.7 Å². The largest absolute Gasteiger partial charge is 0.416 e. The maximum absolute atomic E-state index is 13.6. The molecule has 2 aromatic carbocycles. The van der Waals surface area contributed by atoms with Gasteiger partial charge in [0.2, 0.25) is 5.95 Å². The molecule has 0 bridgehead atoms. The molecular formula is C29H25F3N6O2. The Hall–Kier alpha value is -4.69. The van der Waals surface area contributed by atoms with Crippen LogP contribution in [0.4, 0.5) is 24.8 Å². The zero-order valence-corrected chi connectivity index (χ0v) is 21.8. The second-order valence-corrected chi connectivity index (χ2v) is 9.29. The van der Waals surface area contributed by atoms with Gasteiger partial charge in [-0.05, 0) is 49.7 Å². The molecular weight excluding hydrogens is 521 g/mol. The number of nitrogens with one attached hydrogen (secondary N) is 1. The van der Waals surface area contributed by atoms with Crippen LogP contribution < -0.4 is 10.2 Å². The highest BCUT2D eigenvalue weighted by Crippen LogP contribution is 2.33. The highest BCUT2D eigenvalue weighted by Gasteiger charge is 2.31. The summed E-state index contributed by atoms with van der Waals surface area (Å²) in [7, 11) is 0. The van der Waals surface area contributed by atoms with E-state index in [0.717, 1.165) is 30.8 Å². The van der Waals surface area contributed by atoms with Gasteiger partial charge in [0.05, 0.1) is 36.4 Å². The molecule has 1 aliphatic heterocycles. The number of anilines is 2. The molecule has 0 radical (unpaired) electrons. The van der Waals surface area contributed by atoms with E-state index < -0.39 is 17.6 Å². The summed E-state index contributed by atoms with van der Waals surface area (Å²) in [6.07, 6.45) is 1.71. The van der Waals surface area contributed by atoms with Crippen LogP contribution in [0, 0.1) is 25.7 Å². The fourth-order valence-electron chi connectivity index (χ4n) is 4.11. The van der Waals surface area contributed by atoms with E-state index in [9.17, 15) is 18.0 Å². The van der Waals surface area contributed by atoms with Crippen molar-refractivity contribution in [3.05, 3.63) is 94.8 Å². The summed E-state index contributed by atoms with van der Waals surface area (Å²) in [5.74, 6) is 6.12. The van der Waals surface area contributed by atoms with Crippen LogP contribution >= 0.6 is 0 Å². The minimum absolute atomic E-state index is 0.00638. The van der Waals surface area contributed by atoms with Crippen LogP contribution in [0.15, 0.2) is 61.3 Å². The number of imidazole rings is 1. The van der Waals surface area contributed by atoms with E-state index in [1.165, 1.54) is 17.0 Å². The van der Waals surface area contributed by atoms with Crippen LogP contribution in [0.2, 0.25) is 0 Å². The molecule has 0 unspecified atom stereocenters. The predicted octanol–water partition coefficient (Wildman–Crippen LogP) is 4.79. The Labute approximate surface area is 228 Å². The monoisotopic (exact) mass is 546 g/mol. The van der Waals surface area contributed by atoms with E-state index in [4.69, 9.17) is 4.74 Å². The third-order valence-electron chi connectivity index (χ3n) is 6.29. The minimum Gasteiger partial charge on any atom is -0.378 e. The summed E-state index contributed by atoms with van der Waals surface area (Å²) in [5, 5.41) is 2.59. The van der Waals surface area contributed by atoms with Gasteiger partial charge in [0.1, 0.15) is 0 Å². The van der Waals surface area contributed by atoms with Crippen LogP contribution in [0.5, 0.6) is 0 Å². The summed E-state index contributed by atoms with van der Waals surface area (Å²) in [6, 6.07) is 8.32. The third-order valence-corrected chi connectivity index (χ3v) is 6.29. The molecule has 204 valence electrons. The Morgan fingerprint density at radius 2 is 1.75 bits per heavy atom. The molecule has 2 aromatic heterocycles. The van der Waals surface area contributed by atoms with E-state index in [0.29, 0.717) is 36.0 Å². The summed E-state index contributed by atoms with van der Waals surface area (Å²) >= 11 is 0. The number of rotatable bonds is 4. The lowest BCUT2D eigenvalue weighted by Gasteiger charge is -2.26. The molecule has 5 rings (SSSR count). The van der Waals surface area contributed by atoms with Crippen molar-refractivity contribution >= 4 is 17.5 Å². The summed E-state index contributed by atoms with van der Waals surface area (Å²) in [4.78, 5) is 28.0. The van der Waals surface area contributed by atoms with Crippen molar-refractivity contribution in [3.8, 4) is 17.5 Å². The average molecular weight is 547 g/mol. The number of alkyl halides is 3. The molecule has 0 aliphatic carbocycles. The lowest BCUT2D eigenvalue weighted by atomic mass is 10.0. The summed E-state index contributed by atoms with van der Waals surface area (Å²) < 4.78 is 47.6. The molecule has 1 fully saturated rings. The minimum atomic E-state index is -4.60. The number of hydrogen-bond acceptors (Lipinski definition) is 6. The first-order chi connectivity index (χ1) is 19.2. The van der Waals surface area contributed by atoms with Gasteiger partial charge in [-0.15, -0.1) is 0 Å². The lowest BCUT2D eigenvalue weighted by Crippen LogP contribution is -2.37. The first kappa shape index (κ1) is 26.9. The van der Waals surface area contributed by atoms with E-state index in [2.05, 4.69) is 32.1 Å². The highest BCUT2D eigenvalue weighted by atomic mass is 19.4. The van der Waals surface area contributed by atoms with E-state index in [-0.39, 0.29) is 16.9 Å². The van der Waals surface area contributed by atoms with Crippen LogP contribution in [0.1, 0.15) is 38.3 Å². The smallest absolute Gasteiger partial charge is 0.378 e. The summed E-state index contributed by atoms with van der Waals surface area (Å²) in [5.41, 5.74) is 2.30. The van der Waals surface area contributed by atoms with Crippen molar-refractivity contribution in [3.63, 3.8) is 0 Å². The van der Waals surface area contributed by atoms with Crippen molar-refractivity contribution in [2.45, 2.75) is 20.0 Å². The maximum atomic E-state index is 13.6. The Bertz CT molecular complexity index is 1600. The number of carbonyl (C=O) groups is 1. The summed E-state index contributed by atoms with van der Waals surface area (Å²) in [6.45, 7) is 6.31. The van der Waals surface area contributed by atoms with Crippen LogP contribution in [0.25, 0.3) is 5.69 Å². The van der Waals surface area contributed by atoms with Gasteiger partial charge >= 0.3 is 6.18 Å². The van der Waals surface area contributed by atoms with Crippen molar-refractivity contribution in [1.29, 1.82) is 0 Å². The number of ether oxygens (including phenoxy) is 1. The Morgan fingerprint density at radius 1 is 1.00 bits per heavy atom. The number of nitrogens with zero attached hydrogens (tertiary/aromatic N) is 5. The number of hydrogen-bond donors (Lipinski definition) is 1. The number of carbonyl (C=O) groups excluding carboxylic acids is 1. The Kier molecular flexibility index (Phi) is 7.53. The van der Waals surface area contributed by atoms with Gasteiger partial charge in [-0.3, -0.25) is 4.79 Å². The number of morpholine rings is 1. The molecule has 8 nitrogen and oxygen atoms in total. The highest BCUT2D eigenvalue weighted by molar-refractivity contribution is 6.04. The molecule has 40 heavy (non-hydrogen) atoms. The lowest BCUT2D eigenvalue weighted by molar-refractivity contribution is -0.137. The number of aromatic nitrogens is 4. The number of benzene rings is 2. The molecule has 0 atom stereocenters. The number of halogens is 3. The molecule has 0 saturated carbocycles. The predicted molar refractivity (Wildman–Crippen MR) is 143 cm³/mol. The average Bonchev–Trinajstić information content (AvgIpc) is 3.39. The van der Waals surface area contributed by atoms with Gasteiger partial charge in [0, 0.05) is 54.2 Å². The van der Waals surface area contributed by atoms with Gasteiger partial charge in [-0.2, -0.15) is 13.2 Å². The van der Waals surface area contributed by atoms with Crippen LogP contribution in [-0.2, 0) is 10.9 Å². The molecule has 1 amide bonds. The van der Waals surface area contributed by atoms with E-state index in [1.807, 2.05) is 11.8 Å². The normalized spacial score (nSPS) is 13.5. The zero-order chi connectivity index (χ0) is 28.3.